The fourth-order valence-corrected chi connectivity index (χ4v) is 3.24. The number of anilines is 1. The summed E-state index contributed by atoms with van der Waals surface area (Å²) >= 11 is 0. The molecule has 0 radical (unpaired) electrons. The summed E-state index contributed by atoms with van der Waals surface area (Å²) in [5.74, 6) is 1.65. The number of amides is 1. The molecule has 3 rings (SSSR count). The first-order chi connectivity index (χ1) is 12.1. The average Bonchev–Trinajstić information content (AvgIpc) is 3.06. The van der Waals surface area contributed by atoms with Crippen LogP contribution in [0.4, 0.5) is 5.69 Å². The van der Waals surface area contributed by atoms with Gasteiger partial charge in [0, 0.05) is 30.4 Å². The maximum Gasteiger partial charge on any atom is 0.241 e. The Hall–Kier alpha value is -2.53. The summed E-state index contributed by atoms with van der Waals surface area (Å²) in [5, 5.41) is 0. The molecular weight excluding hydrogens is 316 g/mol. The lowest BCUT2D eigenvalue weighted by Gasteiger charge is -2.23. The number of fused-ring (bicyclic) bond motifs is 1. The number of likely N-dealkylation sites (N-methyl/N-ethyl adjacent to an activating group) is 1. The second-order valence-corrected chi connectivity index (χ2v) is 6.27. The lowest BCUT2D eigenvalue weighted by Crippen LogP contribution is -2.37. The zero-order chi connectivity index (χ0) is 17.8. The Morgan fingerprint density at radius 1 is 1.16 bits per heavy atom. The Labute approximate surface area is 148 Å². The van der Waals surface area contributed by atoms with Crippen LogP contribution in [0.1, 0.15) is 11.1 Å². The van der Waals surface area contributed by atoms with E-state index in [-0.39, 0.29) is 5.91 Å². The number of methoxy groups -OCH3 is 2. The van der Waals surface area contributed by atoms with Gasteiger partial charge in [-0.25, -0.2) is 0 Å². The van der Waals surface area contributed by atoms with Crippen LogP contribution < -0.4 is 14.4 Å². The fourth-order valence-electron chi connectivity index (χ4n) is 3.24. The highest BCUT2D eigenvalue weighted by Crippen LogP contribution is 2.28. The minimum atomic E-state index is 0.125. The maximum absolute atomic E-state index is 12.7. The quantitative estimate of drug-likeness (QED) is 0.811. The van der Waals surface area contributed by atoms with Crippen molar-refractivity contribution in [2.45, 2.75) is 13.0 Å². The zero-order valence-corrected chi connectivity index (χ0v) is 15.0. The SMILES string of the molecule is COc1ccc(CN(C)CC(=O)N2CCc3ccccc32)c(OC)c1. The summed E-state index contributed by atoms with van der Waals surface area (Å²) in [6.45, 7) is 1.76. The Balaban J connectivity index is 1.65. The Morgan fingerprint density at radius 2 is 1.96 bits per heavy atom. The molecule has 1 amide bonds. The second kappa shape index (κ2) is 7.57. The molecule has 0 bridgehead atoms. The van der Waals surface area contributed by atoms with Crippen molar-refractivity contribution in [2.75, 3.05) is 39.3 Å². The van der Waals surface area contributed by atoms with Crippen molar-refractivity contribution in [1.82, 2.24) is 4.90 Å². The molecule has 1 aliphatic rings. The molecular formula is C20H24N2O3. The topological polar surface area (TPSA) is 42.0 Å². The van der Waals surface area contributed by atoms with Gasteiger partial charge < -0.3 is 14.4 Å². The Kier molecular flexibility index (Phi) is 5.24. The first-order valence-corrected chi connectivity index (χ1v) is 8.40. The van der Waals surface area contributed by atoms with Gasteiger partial charge in [0.1, 0.15) is 11.5 Å². The second-order valence-electron chi connectivity index (χ2n) is 6.27. The van der Waals surface area contributed by atoms with Gasteiger partial charge in [0.25, 0.3) is 0 Å². The molecule has 5 nitrogen and oxygen atoms in total. The smallest absolute Gasteiger partial charge is 0.241 e. The number of carbonyl (C=O) groups is 1. The largest absolute Gasteiger partial charge is 0.497 e. The molecule has 1 heterocycles. The number of hydrogen-bond donors (Lipinski definition) is 0. The van der Waals surface area contributed by atoms with Crippen molar-refractivity contribution in [3.63, 3.8) is 0 Å². The van der Waals surface area contributed by atoms with Crippen LogP contribution in [0.3, 0.4) is 0 Å². The predicted molar refractivity (Wildman–Crippen MR) is 98.4 cm³/mol. The molecule has 0 saturated heterocycles. The van der Waals surface area contributed by atoms with Crippen LogP contribution in [0.25, 0.3) is 0 Å². The van der Waals surface area contributed by atoms with Gasteiger partial charge in [0.15, 0.2) is 0 Å². The standard InChI is InChI=1S/C20H24N2O3/c1-21(13-16-8-9-17(24-2)12-19(16)25-3)14-20(23)22-11-10-15-6-4-5-7-18(15)22/h4-9,12H,10-11,13-14H2,1-3H3. The molecule has 0 spiro atoms. The van der Waals surface area contributed by atoms with E-state index in [1.165, 1.54) is 5.56 Å². The van der Waals surface area contributed by atoms with Crippen LogP contribution in [0, 0.1) is 0 Å². The van der Waals surface area contributed by atoms with E-state index in [1.54, 1.807) is 14.2 Å². The normalized spacial score (nSPS) is 13.0. The number of hydrogen-bond acceptors (Lipinski definition) is 4. The van der Waals surface area contributed by atoms with Gasteiger partial charge >= 0.3 is 0 Å². The third-order valence-corrected chi connectivity index (χ3v) is 4.53. The van der Waals surface area contributed by atoms with Gasteiger partial charge in [0.05, 0.1) is 20.8 Å². The minimum absolute atomic E-state index is 0.125. The molecule has 2 aromatic rings. The minimum Gasteiger partial charge on any atom is -0.497 e. The summed E-state index contributed by atoms with van der Waals surface area (Å²) in [5.41, 5.74) is 3.32. The molecule has 0 fully saturated rings. The van der Waals surface area contributed by atoms with Crippen LogP contribution in [0.15, 0.2) is 42.5 Å². The molecule has 5 heteroatoms. The lowest BCUT2D eigenvalue weighted by molar-refractivity contribution is -0.119. The highest BCUT2D eigenvalue weighted by molar-refractivity contribution is 5.96. The number of para-hydroxylation sites is 1. The third-order valence-electron chi connectivity index (χ3n) is 4.53. The van der Waals surface area contributed by atoms with Crippen molar-refractivity contribution >= 4 is 11.6 Å². The number of ether oxygens (including phenoxy) is 2. The van der Waals surface area contributed by atoms with E-state index in [1.807, 2.05) is 53.2 Å². The maximum atomic E-state index is 12.7. The van der Waals surface area contributed by atoms with E-state index < -0.39 is 0 Å². The Bertz CT molecular complexity index is 760. The summed E-state index contributed by atoms with van der Waals surface area (Å²) in [7, 11) is 5.22. The highest BCUT2D eigenvalue weighted by atomic mass is 16.5. The molecule has 0 atom stereocenters. The van der Waals surface area contributed by atoms with Crippen LogP contribution in [-0.4, -0.2) is 45.2 Å². The van der Waals surface area contributed by atoms with E-state index in [0.717, 1.165) is 35.7 Å². The first-order valence-electron chi connectivity index (χ1n) is 8.40. The third kappa shape index (κ3) is 3.77. The molecule has 132 valence electrons. The van der Waals surface area contributed by atoms with E-state index >= 15 is 0 Å². The van der Waals surface area contributed by atoms with Crippen LogP contribution in [0.2, 0.25) is 0 Å². The molecule has 1 aliphatic heterocycles. The van der Waals surface area contributed by atoms with Gasteiger partial charge in [0.2, 0.25) is 5.91 Å². The van der Waals surface area contributed by atoms with Gasteiger partial charge in [-0.15, -0.1) is 0 Å². The number of nitrogens with zero attached hydrogens (tertiary/aromatic N) is 2. The summed E-state index contributed by atoms with van der Waals surface area (Å²) in [6, 6.07) is 13.9. The number of rotatable bonds is 6. The van der Waals surface area contributed by atoms with Gasteiger partial charge in [-0.3, -0.25) is 9.69 Å². The monoisotopic (exact) mass is 340 g/mol. The van der Waals surface area contributed by atoms with Crippen LogP contribution in [0.5, 0.6) is 11.5 Å². The zero-order valence-electron chi connectivity index (χ0n) is 15.0. The van der Waals surface area contributed by atoms with Crippen molar-refractivity contribution in [3.8, 4) is 11.5 Å². The number of carbonyl (C=O) groups excluding carboxylic acids is 1. The van der Waals surface area contributed by atoms with E-state index in [9.17, 15) is 4.79 Å². The summed E-state index contributed by atoms with van der Waals surface area (Å²) < 4.78 is 10.7. The fraction of sp³-hybridized carbons (Fsp3) is 0.350. The summed E-state index contributed by atoms with van der Waals surface area (Å²) in [4.78, 5) is 16.6. The molecule has 0 unspecified atom stereocenters. The highest BCUT2D eigenvalue weighted by Gasteiger charge is 2.24. The van der Waals surface area contributed by atoms with E-state index in [2.05, 4.69) is 6.07 Å². The van der Waals surface area contributed by atoms with Gasteiger partial charge in [-0.05, 0) is 31.2 Å². The lowest BCUT2D eigenvalue weighted by atomic mass is 10.1. The molecule has 0 aromatic heterocycles. The molecule has 0 saturated carbocycles. The molecule has 0 N–H and O–H groups in total. The van der Waals surface area contributed by atoms with Crippen molar-refractivity contribution in [3.05, 3.63) is 53.6 Å². The van der Waals surface area contributed by atoms with E-state index in [0.29, 0.717) is 13.1 Å². The van der Waals surface area contributed by atoms with Crippen molar-refractivity contribution in [2.24, 2.45) is 0 Å². The molecule has 25 heavy (non-hydrogen) atoms. The van der Waals surface area contributed by atoms with Crippen LogP contribution in [-0.2, 0) is 17.8 Å². The molecule has 0 aliphatic carbocycles. The molecule has 2 aromatic carbocycles. The summed E-state index contributed by atoms with van der Waals surface area (Å²) in [6.07, 6.45) is 0.929. The Morgan fingerprint density at radius 3 is 2.72 bits per heavy atom. The number of benzene rings is 2. The first kappa shape index (κ1) is 17.3. The predicted octanol–water partition coefficient (Wildman–Crippen LogP) is 2.72. The van der Waals surface area contributed by atoms with E-state index in [4.69, 9.17) is 9.47 Å². The van der Waals surface area contributed by atoms with Crippen LogP contribution >= 0.6 is 0 Å². The van der Waals surface area contributed by atoms with Crippen molar-refractivity contribution < 1.29 is 14.3 Å². The van der Waals surface area contributed by atoms with Crippen molar-refractivity contribution in [1.29, 1.82) is 0 Å². The average molecular weight is 340 g/mol. The van der Waals surface area contributed by atoms with Gasteiger partial charge in [-0.1, -0.05) is 24.3 Å². The van der Waals surface area contributed by atoms with Gasteiger partial charge in [-0.2, -0.15) is 0 Å².